The molecule has 158 valence electrons. The van der Waals surface area contributed by atoms with E-state index >= 15 is 0 Å². The van der Waals surface area contributed by atoms with Crippen molar-refractivity contribution in [1.29, 1.82) is 0 Å². The van der Waals surface area contributed by atoms with E-state index < -0.39 is 11.5 Å². The highest BCUT2D eigenvalue weighted by Crippen LogP contribution is 2.28. The van der Waals surface area contributed by atoms with Crippen LogP contribution in [0, 0.1) is 5.82 Å². The number of nitrogens with zero attached hydrogens (tertiary/aromatic N) is 4. The summed E-state index contributed by atoms with van der Waals surface area (Å²) in [5.41, 5.74) is 2.81. The summed E-state index contributed by atoms with van der Waals surface area (Å²) in [6, 6.07) is 16.0. The lowest BCUT2D eigenvalue weighted by atomic mass is 10.1. The lowest BCUT2D eigenvalue weighted by Gasteiger charge is -2.11. The van der Waals surface area contributed by atoms with E-state index in [1.165, 1.54) is 29.5 Å². The fourth-order valence-corrected chi connectivity index (χ4v) is 4.04. The largest absolute Gasteiger partial charge is 0.324 e. The maximum absolute atomic E-state index is 13.2. The number of nitrogens with one attached hydrogen (secondary N) is 1. The number of halogens is 1. The number of carbonyl (C=O) groups is 1. The molecule has 0 unspecified atom stereocenters. The van der Waals surface area contributed by atoms with Gasteiger partial charge in [0, 0.05) is 35.0 Å². The summed E-state index contributed by atoms with van der Waals surface area (Å²) < 4.78 is 16.2. The molecular weight excluding hydrogens is 429 g/mol. The van der Waals surface area contributed by atoms with Crippen LogP contribution in [-0.2, 0) is 11.3 Å². The highest BCUT2D eigenvalue weighted by atomic mass is 32.1. The van der Waals surface area contributed by atoms with Crippen LogP contribution in [0.25, 0.3) is 27.5 Å². The molecule has 0 bridgehead atoms. The molecule has 3 heterocycles. The van der Waals surface area contributed by atoms with Gasteiger partial charge in [0.1, 0.15) is 12.4 Å². The average Bonchev–Trinajstić information content (AvgIpc) is 3.39. The van der Waals surface area contributed by atoms with Crippen LogP contribution in [0.3, 0.4) is 0 Å². The molecule has 0 radical (unpaired) electrons. The van der Waals surface area contributed by atoms with Gasteiger partial charge in [0.2, 0.25) is 5.91 Å². The number of rotatable bonds is 5. The van der Waals surface area contributed by atoms with E-state index in [-0.39, 0.29) is 12.4 Å². The zero-order valence-corrected chi connectivity index (χ0v) is 17.4. The predicted molar refractivity (Wildman–Crippen MR) is 121 cm³/mol. The molecule has 0 spiro atoms. The Morgan fingerprint density at radius 3 is 2.66 bits per heavy atom. The van der Waals surface area contributed by atoms with E-state index in [1.807, 2.05) is 40.4 Å². The standard InChI is InChI=1S/C23H16FN5O2S/c24-16-7-5-15(6-8-16)18-9-10-22(31)29(27-18)14-21(30)25-19-4-2-1-3-17(19)20-13-28-11-12-32-23(28)26-20/h1-13H,14H2,(H,25,30). The zero-order chi connectivity index (χ0) is 22.1. The van der Waals surface area contributed by atoms with Gasteiger partial charge in [-0.05, 0) is 36.4 Å². The van der Waals surface area contributed by atoms with Crippen molar-refractivity contribution < 1.29 is 9.18 Å². The van der Waals surface area contributed by atoms with Crippen molar-refractivity contribution in [3.63, 3.8) is 0 Å². The van der Waals surface area contributed by atoms with Crippen molar-refractivity contribution >= 4 is 27.9 Å². The number of aromatic nitrogens is 4. The van der Waals surface area contributed by atoms with Crippen molar-refractivity contribution in [3.05, 3.63) is 94.6 Å². The molecule has 0 atom stereocenters. The molecule has 7 nitrogen and oxygen atoms in total. The number of amides is 1. The van der Waals surface area contributed by atoms with E-state index in [0.717, 1.165) is 20.9 Å². The minimum atomic E-state index is -0.409. The fraction of sp³-hybridized carbons (Fsp3) is 0.0435. The first-order chi connectivity index (χ1) is 15.6. The summed E-state index contributed by atoms with van der Waals surface area (Å²) in [5.74, 6) is -0.762. The van der Waals surface area contributed by atoms with Gasteiger partial charge in [-0.3, -0.25) is 14.0 Å². The molecule has 32 heavy (non-hydrogen) atoms. The van der Waals surface area contributed by atoms with Gasteiger partial charge in [-0.1, -0.05) is 18.2 Å². The SMILES string of the molecule is O=C(Cn1nc(-c2ccc(F)cc2)ccc1=O)Nc1ccccc1-c1cn2ccsc2n1. The molecule has 0 aliphatic carbocycles. The highest BCUT2D eigenvalue weighted by molar-refractivity contribution is 7.15. The van der Waals surface area contributed by atoms with Crippen LogP contribution in [0.4, 0.5) is 10.1 Å². The molecule has 9 heteroatoms. The number of imidazole rings is 1. The Morgan fingerprint density at radius 2 is 1.84 bits per heavy atom. The molecule has 5 rings (SSSR count). The Labute approximate surface area is 185 Å². The Hall–Kier alpha value is -4.11. The van der Waals surface area contributed by atoms with Gasteiger partial charge in [-0.2, -0.15) is 5.10 Å². The minimum absolute atomic E-state index is 0.263. The summed E-state index contributed by atoms with van der Waals surface area (Å²) in [7, 11) is 0. The first kappa shape index (κ1) is 19.8. The van der Waals surface area contributed by atoms with Gasteiger partial charge in [0.15, 0.2) is 4.96 Å². The number of hydrogen-bond acceptors (Lipinski definition) is 5. The number of thiazole rings is 1. The summed E-state index contributed by atoms with van der Waals surface area (Å²) >= 11 is 1.52. The van der Waals surface area contributed by atoms with Crippen molar-refractivity contribution in [3.8, 4) is 22.5 Å². The highest BCUT2D eigenvalue weighted by Gasteiger charge is 2.13. The molecule has 2 aromatic carbocycles. The molecule has 0 saturated heterocycles. The van der Waals surface area contributed by atoms with Gasteiger partial charge < -0.3 is 5.32 Å². The van der Waals surface area contributed by atoms with Crippen molar-refractivity contribution in [2.45, 2.75) is 6.54 Å². The Kier molecular flexibility index (Phi) is 5.08. The smallest absolute Gasteiger partial charge is 0.267 e. The third-order valence-electron chi connectivity index (χ3n) is 4.87. The zero-order valence-electron chi connectivity index (χ0n) is 16.6. The van der Waals surface area contributed by atoms with Crippen LogP contribution in [0.15, 0.2) is 83.2 Å². The van der Waals surface area contributed by atoms with Crippen molar-refractivity contribution in [2.24, 2.45) is 0 Å². The minimum Gasteiger partial charge on any atom is -0.324 e. The van der Waals surface area contributed by atoms with Gasteiger partial charge >= 0.3 is 0 Å². The molecule has 0 saturated carbocycles. The maximum atomic E-state index is 13.2. The lowest BCUT2D eigenvalue weighted by molar-refractivity contribution is -0.117. The fourth-order valence-electron chi connectivity index (χ4n) is 3.34. The van der Waals surface area contributed by atoms with E-state index in [2.05, 4.69) is 15.4 Å². The molecular formula is C23H16FN5O2S. The first-order valence-corrected chi connectivity index (χ1v) is 10.6. The van der Waals surface area contributed by atoms with E-state index in [4.69, 9.17) is 0 Å². The number of para-hydroxylation sites is 1. The van der Waals surface area contributed by atoms with Crippen LogP contribution in [0.5, 0.6) is 0 Å². The first-order valence-electron chi connectivity index (χ1n) is 9.72. The quantitative estimate of drug-likeness (QED) is 0.442. The van der Waals surface area contributed by atoms with Crippen molar-refractivity contribution in [2.75, 3.05) is 5.32 Å². The summed E-state index contributed by atoms with van der Waals surface area (Å²) in [5, 5.41) is 9.07. The van der Waals surface area contributed by atoms with Crippen molar-refractivity contribution in [1.82, 2.24) is 19.2 Å². The lowest BCUT2D eigenvalue weighted by Crippen LogP contribution is -2.29. The second kappa shape index (κ2) is 8.20. The number of benzene rings is 2. The van der Waals surface area contributed by atoms with E-state index in [1.54, 1.807) is 24.3 Å². The van der Waals surface area contributed by atoms with Gasteiger partial charge in [0.25, 0.3) is 5.56 Å². The maximum Gasteiger partial charge on any atom is 0.267 e. The molecule has 1 N–H and O–H groups in total. The Balaban J connectivity index is 1.39. The van der Waals surface area contributed by atoms with Crippen LogP contribution in [-0.4, -0.2) is 25.1 Å². The third kappa shape index (κ3) is 3.93. The normalized spacial score (nSPS) is 11.0. The molecule has 3 aromatic heterocycles. The van der Waals surface area contributed by atoms with E-state index in [0.29, 0.717) is 16.9 Å². The van der Waals surface area contributed by atoms with Gasteiger partial charge in [0.05, 0.1) is 17.1 Å². The van der Waals surface area contributed by atoms with Crippen LogP contribution < -0.4 is 10.9 Å². The van der Waals surface area contributed by atoms with Crippen LogP contribution in [0.1, 0.15) is 0 Å². The summed E-state index contributed by atoms with van der Waals surface area (Å²) in [6.07, 6.45) is 3.82. The summed E-state index contributed by atoms with van der Waals surface area (Å²) in [4.78, 5) is 30.5. The van der Waals surface area contributed by atoms with Crippen LogP contribution >= 0.6 is 11.3 Å². The summed E-state index contributed by atoms with van der Waals surface area (Å²) in [6.45, 7) is -0.263. The average molecular weight is 445 g/mol. The molecule has 0 aliphatic rings. The monoisotopic (exact) mass is 445 g/mol. The number of anilines is 1. The topological polar surface area (TPSA) is 81.3 Å². The number of hydrogen-bond donors (Lipinski definition) is 1. The van der Waals surface area contributed by atoms with E-state index in [9.17, 15) is 14.0 Å². The molecule has 5 aromatic rings. The molecule has 0 aliphatic heterocycles. The Bertz CT molecular complexity index is 1460. The molecule has 0 fully saturated rings. The number of fused-ring (bicyclic) bond motifs is 1. The Morgan fingerprint density at radius 1 is 1.03 bits per heavy atom. The molecule has 1 amide bonds. The van der Waals surface area contributed by atoms with Gasteiger partial charge in [-0.25, -0.2) is 14.1 Å². The second-order valence-corrected chi connectivity index (χ2v) is 7.91. The third-order valence-corrected chi connectivity index (χ3v) is 5.64. The second-order valence-electron chi connectivity index (χ2n) is 7.03. The number of carbonyl (C=O) groups excluding carboxylic acids is 1. The van der Waals surface area contributed by atoms with Crippen LogP contribution in [0.2, 0.25) is 0 Å². The van der Waals surface area contributed by atoms with Gasteiger partial charge in [-0.15, -0.1) is 11.3 Å². The predicted octanol–water partition coefficient (Wildman–Crippen LogP) is 4.06.